The Morgan fingerprint density at radius 3 is 1.62 bits per heavy atom. The second-order valence-electron chi connectivity index (χ2n) is 7.26. The Labute approximate surface area is 133 Å². The fourth-order valence-corrected chi connectivity index (χ4v) is 2.71. The number of aliphatic hydroxyl groups is 1. The van der Waals surface area contributed by atoms with Crippen molar-refractivity contribution in [3.05, 3.63) is 0 Å². The smallest absolute Gasteiger partial charge is 0.127 e. The minimum absolute atomic E-state index is 0.129. The summed E-state index contributed by atoms with van der Waals surface area (Å²) in [5.74, 6) is 5.81. The molecule has 1 unspecified atom stereocenters. The topological polar surface area (TPSA) is 20.2 Å². The lowest BCUT2D eigenvalue weighted by atomic mass is 9.73. The fraction of sp³-hybridized carbons (Fsp3) is 0.900. The number of rotatable bonds is 12. The Bertz CT molecular complexity index is 304. The van der Waals surface area contributed by atoms with Gasteiger partial charge < -0.3 is 5.11 Å². The van der Waals surface area contributed by atoms with Gasteiger partial charge in [0.1, 0.15) is 5.60 Å². The van der Waals surface area contributed by atoms with Crippen molar-refractivity contribution in [2.24, 2.45) is 5.41 Å². The lowest BCUT2D eigenvalue weighted by Crippen LogP contribution is -2.40. The summed E-state index contributed by atoms with van der Waals surface area (Å²) >= 11 is 0. The van der Waals surface area contributed by atoms with Gasteiger partial charge in [-0.2, -0.15) is 0 Å². The molecule has 0 saturated carbocycles. The van der Waals surface area contributed by atoms with Gasteiger partial charge in [-0.05, 0) is 20.3 Å². The summed E-state index contributed by atoms with van der Waals surface area (Å²) in [5.41, 5.74) is -1.00. The molecule has 0 radical (unpaired) electrons. The van der Waals surface area contributed by atoms with Crippen molar-refractivity contribution in [1.29, 1.82) is 0 Å². The van der Waals surface area contributed by atoms with E-state index in [-0.39, 0.29) is 5.41 Å². The first-order valence-electron chi connectivity index (χ1n) is 9.03. The van der Waals surface area contributed by atoms with Gasteiger partial charge in [0.2, 0.25) is 0 Å². The number of unbranched alkanes of at least 4 members (excludes halogenated alkanes) is 9. The SMILES string of the molecule is CC#CC(C)(O)C(C)(C)CCCCCCCCCCCC. The lowest BCUT2D eigenvalue weighted by molar-refractivity contribution is -0.00577. The highest BCUT2D eigenvalue weighted by molar-refractivity contribution is 5.15. The molecule has 0 aromatic heterocycles. The molecule has 0 aliphatic heterocycles. The third-order valence-corrected chi connectivity index (χ3v) is 4.84. The van der Waals surface area contributed by atoms with E-state index < -0.39 is 5.60 Å². The summed E-state index contributed by atoms with van der Waals surface area (Å²) in [4.78, 5) is 0. The molecule has 0 aliphatic carbocycles. The Balaban J connectivity index is 3.64. The molecule has 0 amide bonds. The zero-order valence-corrected chi connectivity index (χ0v) is 15.2. The highest BCUT2D eigenvalue weighted by atomic mass is 16.3. The average Bonchev–Trinajstić information content (AvgIpc) is 2.40. The molecule has 1 heteroatoms. The first-order chi connectivity index (χ1) is 9.87. The Kier molecular flexibility index (Phi) is 10.9. The van der Waals surface area contributed by atoms with Crippen LogP contribution in [-0.4, -0.2) is 10.7 Å². The monoisotopic (exact) mass is 294 g/mol. The zero-order chi connectivity index (χ0) is 16.2. The molecule has 0 fully saturated rings. The standard InChI is InChI=1S/C20H38O/c1-6-8-9-10-11-12-13-14-15-16-18-19(3,4)20(5,21)17-7-2/h21H,6,8-16,18H2,1-5H3. The highest BCUT2D eigenvalue weighted by Crippen LogP contribution is 2.35. The molecule has 1 N–H and O–H groups in total. The van der Waals surface area contributed by atoms with Crippen molar-refractivity contribution in [2.45, 2.75) is 111 Å². The maximum absolute atomic E-state index is 10.4. The van der Waals surface area contributed by atoms with Crippen LogP contribution in [0.1, 0.15) is 105 Å². The third kappa shape index (κ3) is 9.20. The summed E-state index contributed by atoms with van der Waals surface area (Å²) in [6.07, 6.45) is 14.6. The molecule has 0 aliphatic rings. The van der Waals surface area contributed by atoms with Crippen LogP contribution in [0.2, 0.25) is 0 Å². The Hall–Kier alpha value is -0.480. The van der Waals surface area contributed by atoms with Crippen LogP contribution in [0.15, 0.2) is 0 Å². The number of hydrogen-bond donors (Lipinski definition) is 1. The van der Waals surface area contributed by atoms with Gasteiger partial charge in [-0.3, -0.25) is 0 Å². The summed E-state index contributed by atoms with van der Waals surface area (Å²) in [6, 6.07) is 0. The van der Waals surface area contributed by atoms with Crippen molar-refractivity contribution in [1.82, 2.24) is 0 Å². The molecule has 0 heterocycles. The van der Waals surface area contributed by atoms with E-state index in [2.05, 4.69) is 32.6 Å². The van der Waals surface area contributed by atoms with Crippen LogP contribution in [-0.2, 0) is 0 Å². The van der Waals surface area contributed by atoms with Crippen LogP contribution < -0.4 is 0 Å². The van der Waals surface area contributed by atoms with Gasteiger partial charge in [-0.25, -0.2) is 0 Å². The van der Waals surface area contributed by atoms with Crippen molar-refractivity contribution in [3.8, 4) is 11.8 Å². The maximum Gasteiger partial charge on any atom is 0.127 e. The first-order valence-corrected chi connectivity index (χ1v) is 9.03. The molecule has 21 heavy (non-hydrogen) atoms. The Morgan fingerprint density at radius 2 is 1.19 bits per heavy atom. The van der Waals surface area contributed by atoms with Gasteiger partial charge in [-0.1, -0.05) is 90.9 Å². The summed E-state index contributed by atoms with van der Waals surface area (Å²) in [6.45, 7) is 10.2. The van der Waals surface area contributed by atoms with Crippen LogP contribution in [0.5, 0.6) is 0 Å². The van der Waals surface area contributed by atoms with Gasteiger partial charge in [0, 0.05) is 5.41 Å². The molecule has 0 spiro atoms. The van der Waals surface area contributed by atoms with Crippen LogP contribution in [0.25, 0.3) is 0 Å². The normalized spacial score (nSPS) is 14.4. The van der Waals surface area contributed by atoms with Crippen LogP contribution in [0.3, 0.4) is 0 Å². The minimum Gasteiger partial charge on any atom is -0.377 e. The largest absolute Gasteiger partial charge is 0.377 e. The second kappa shape index (κ2) is 11.1. The number of hydrogen-bond acceptors (Lipinski definition) is 1. The maximum atomic E-state index is 10.4. The molecule has 124 valence electrons. The molecule has 0 aromatic rings. The first kappa shape index (κ1) is 20.5. The van der Waals surface area contributed by atoms with Crippen molar-refractivity contribution in [2.75, 3.05) is 0 Å². The predicted octanol–water partition coefficient (Wildman–Crippen LogP) is 6.10. The molecular formula is C20H38O. The van der Waals surface area contributed by atoms with E-state index in [4.69, 9.17) is 0 Å². The lowest BCUT2D eigenvalue weighted by Gasteiger charge is -2.36. The molecule has 0 rings (SSSR count). The minimum atomic E-state index is -0.874. The summed E-state index contributed by atoms with van der Waals surface area (Å²) in [7, 11) is 0. The molecule has 0 bridgehead atoms. The van der Waals surface area contributed by atoms with Crippen LogP contribution in [0, 0.1) is 17.3 Å². The van der Waals surface area contributed by atoms with E-state index in [9.17, 15) is 5.11 Å². The highest BCUT2D eigenvalue weighted by Gasteiger charge is 2.37. The molecule has 1 atom stereocenters. The fourth-order valence-electron chi connectivity index (χ4n) is 2.71. The quantitative estimate of drug-likeness (QED) is 0.341. The van der Waals surface area contributed by atoms with Crippen molar-refractivity contribution in [3.63, 3.8) is 0 Å². The van der Waals surface area contributed by atoms with E-state index >= 15 is 0 Å². The summed E-state index contributed by atoms with van der Waals surface area (Å²) in [5, 5.41) is 10.4. The van der Waals surface area contributed by atoms with Crippen LogP contribution >= 0.6 is 0 Å². The van der Waals surface area contributed by atoms with Crippen LogP contribution in [0.4, 0.5) is 0 Å². The molecular weight excluding hydrogens is 256 g/mol. The Morgan fingerprint density at radius 1 is 0.762 bits per heavy atom. The van der Waals surface area contributed by atoms with Crippen molar-refractivity contribution >= 4 is 0 Å². The van der Waals surface area contributed by atoms with Gasteiger partial charge in [-0.15, -0.1) is 5.92 Å². The van der Waals surface area contributed by atoms with E-state index in [0.29, 0.717) is 0 Å². The van der Waals surface area contributed by atoms with Gasteiger partial charge in [0.15, 0.2) is 0 Å². The third-order valence-electron chi connectivity index (χ3n) is 4.84. The van der Waals surface area contributed by atoms with Gasteiger partial charge in [0.05, 0.1) is 0 Å². The second-order valence-corrected chi connectivity index (χ2v) is 7.26. The molecule has 0 saturated heterocycles. The zero-order valence-electron chi connectivity index (χ0n) is 15.2. The predicted molar refractivity (Wildman–Crippen MR) is 94.3 cm³/mol. The van der Waals surface area contributed by atoms with E-state index in [1.54, 1.807) is 6.92 Å². The molecule has 0 aromatic carbocycles. The molecule has 1 nitrogen and oxygen atoms in total. The average molecular weight is 295 g/mol. The van der Waals surface area contributed by atoms with Gasteiger partial charge in [0.25, 0.3) is 0 Å². The van der Waals surface area contributed by atoms with E-state index in [1.807, 2.05) is 6.92 Å². The van der Waals surface area contributed by atoms with E-state index in [0.717, 1.165) is 6.42 Å². The van der Waals surface area contributed by atoms with Crippen molar-refractivity contribution < 1.29 is 5.11 Å². The van der Waals surface area contributed by atoms with Gasteiger partial charge >= 0.3 is 0 Å². The van der Waals surface area contributed by atoms with E-state index in [1.165, 1.54) is 64.2 Å². The summed E-state index contributed by atoms with van der Waals surface area (Å²) < 4.78 is 0.